The summed E-state index contributed by atoms with van der Waals surface area (Å²) in [6, 6.07) is 8.23. The van der Waals surface area contributed by atoms with Gasteiger partial charge in [-0.05, 0) is 57.8 Å². The van der Waals surface area contributed by atoms with Crippen molar-refractivity contribution in [2.75, 3.05) is 31.1 Å². The Morgan fingerprint density at radius 3 is 2.64 bits per heavy atom. The van der Waals surface area contributed by atoms with Gasteiger partial charge in [-0.25, -0.2) is 4.79 Å². The van der Waals surface area contributed by atoms with Crippen LogP contribution < -0.4 is 10.2 Å². The number of para-hydroxylation sites is 1. The fourth-order valence-corrected chi connectivity index (χ4v) is 3.55. The Morgan fingerprint density at radius 1 is 1.14 bits per heavy atom. The van der Waals surface area contributed by atoms with Crippen LogP contribution >= 0.6 is 0 Å². The lowest BCUT2D eigenvalue weighted by Crippen LogP contribution is -2.55. The minimum Gasteiger partial charge on any atom is -0.336 e. The van der Waals surface area contributed by atoms with Crippen molar-refractivity contribution in [1.29, 1.82) is 0 Å². The van der Waals surface area contributed by atoms with E-state index in [1.54, 1.807) is 0 Å². The monoisotopic (exact) mass is 301 g/mol. The number of rotatable bonds is 3. The Balaban J connectivity index is 1.58. The molecule has 1 aromatic rings. The zero-order valence-corrected chi connectivity index (χ0v) is 13.8. The van der Waals surface area contributed by atoms with E-state index in [2.05, 4.69) is 30.1 Å². The van der Waals surface area contributed by atoms with Crippen LogP contribution in [0.4, 0.5) is 10.5 Å². The maximum absolute atomic E-state index is 12.5. The van der Waals surface area contributed by atoms with Crippen molar-refractivity contribution in [2.45, 2.75) is 45.1 Å². The van der Waals surface area contributed by atoms with Crippen LogP contribution in [0, 0.1) is 0 Å². The van der Waals surface area contributed by atoms with Crippen molar-refractivity contribution < 1.29 is 4.79 Å². The maximum atomic E-state index is 12.5. The number of carbonyl (C=O) groups is 1. The number of nitrogens with zero attached hydrogens (tertiary/aromatic N) is 2. The zero-order valence-electron chi connectivity index (χ0n) is 13.8. The Hall–Kier alpha value is -1.55. The number of benzene rings is 1. The van der Waals surface area contributed by atoms with Gasteiger partial charge in [-0.15, -0.1) is 0 Å². The van der Waals surface area contributed by atoms with Crippen LogP contribution in [-0.4, -0.2) is 42.6 Å². The molecule has 4 heteroatoms. The van der Waals surface area contributed by atoms with E-state index in [0.717, 1.165) is 31.7 Å². The van der Waals surface area contributed by atoms with Crippen molar-refractivity contribution in [3.63, 3.8) is 0 Å². The van der Waals surface area contributed by atoms with E-state index < -0.39 is 0 Å². The highest BCUT2D eigenvalue weighted by Gasteiger charge is 2.30. The predicted octanol–water partition coefficient (Wildman–Crippen LogP) is 3.02. The van der Waals surface area contributed by atoms with Gasteiger partial charge in [-0.2, -0.15) is 0 Å². The third kappa shape index (κ3) is 3.12. The first-order valence-corrected chi connectivity index (χ1v) is 8.46. The van der Waals surface area contributed by atoms with E-state index in [9.17, 15) is 4.79 Å². The van der Waals surface area contributed by atoms with E-state index in [1.807, 2.05) is 23.1 Å². The molecule has 0 aromatic heterocycles. The maximum Gasteiger partial charge on any atom is 0.321 e. The second kappa shape index (κ2) is 6.29. The Bertz CT molecular complexity index is 535. The number of likely N-dealkylation sites (tertiary alicyclic amines) is 1. The van der Waals surface area contributed by atoms with Crippen LogP contribution in [0.15, 0.2) is 24.3 Å². The smallest absolute Gasteiger partial charge is 0.321 e. The zero-order chi connectivity index (χ0) is 15.6. The molecule has 2 aliphatic rings. The molecule has 2 amide bonds. The van der Waals surface area contributed by atoms with Crippen LogP contribution in [0.25, 0.3) is 0 Å². The average molecular weight is 301 g/mol. The summed E-state index contributed by atoms with van der Waals surface area (Å²) < 4.78 is 0. The first kappa shape index (κ1) is 15.3. The quantitative estimate of drug-likeness (QED) is 0.931. The van der Waals surface area contributed by atoms with Gasteiger partial charge in [0.1, 0.15) is 0 Å². The SMILES string of the molecule is CC(C)(CNC(=O)N1CCc2ccccc21)N1CCCCC1. The van der Waals surface area contributed by atoms with E-state index in [-0.39, 0.29) is 11.6 Å². The third-order valence-electron chi connectivity index (χ3n) is 5.02. The topological polar surface area (TPSA) is 35.6 Å². The molecule has 4 nitrogen and oxygen atoms in total. The molecule has 22 heavy (non-hydrogen) atoms. The molecule has 2 aliphatic heterocycles. The van der Waals surface area contributed by atoms with Crippen LogP contribution in [0.5, 0.6) is 0 Å². The molecular formula is C18H27N3O. The van der Waals surface area contributed by atoms with Gasteiger partial charge in [0.05, 0.1) is 0 Å². The molecule has 1 fully saturated rings. The summed E-state index contributed by atoms with van der Waals surface area (Å²) in [6.45, 7) is 8.25. The molecule has 0 atom stereocenters. The second-order valence-electron chi connectivity index (χ2n) is 7.05. The normalized spacial score (nSPS) is 19.1. The number of hydrogen-bond acceptors (Lipinski definition) is 2. The summed E-state index contributed by atoms with van der Waals surface area (Å²) in [4.78, 5) is 16.9. The van der Waals surface area contributed by atoms with Crippen LogP contribution in [0.3, 0.4) is 0 Å². The van der Waals surface area contributed by atoms with Gasteiger partial charge in [0.25, 0.3) is 0 Å². The lowest BCUT2D eigenvalue weighted by atomic mass is 9.98. The summed E-state index contributed by atoms with van der Waals surface area (Å²) in [5.74, 6) is 0. The van der Waals surface area contributed by atoms with Crippen molar-refractivity contribution >= 4 is 11.7 Å². The first-order chi connectivity index (χ1) is 10.6. The van der Waals surface area contributed by atoms with Crippen LogP contribution in [-0.2, 0) is 6.42 Å². The number of piperidine rings is 1. The number of fused-ring (bicyclic) bond motifs is 1. The molecule has 1 aromatic carbocycles. The van der Waals surface area contributed by atoms with E-state index >= 15 is 0 Å². The van der Waals surface area contributed by atoms with E-state index in [0.29, 0.717) is 6.54 Å². The van der Waals surface area contributed by atoms with Crippen molar-refractivity contribution in [2.24, 2.45) is 0 Å². The third-order valence-corrected chi connectivity index (χ3v) is 5.02. The molecular weight excluding hydrogens is 274 g/mol. The molecule has 0 unspecified atom stereocenters. The van der Waals surface area contributed by atoms with Crippen molar-refractivity contribution in [1.82, 2.24) is 10.2 Å². The lowest BCUT2D eigenvalue weighted by Gasteiger charge is -2.41. The minimum atomic E-state index is 0.0231. The van der Waals surface area contributed by atoms with Gasteiger partial charge in [0.2, 0.25) is 0 Å². The summed E-state index contributed by atoms with van der Waals surface area (Å²) >= 11 is 0. The number of amides is 2. The highest BCUT2D eigenvalue weighted by Crippen LogP contribution is 2.27. The molecule has 0 bridgehead atoms. The fraction of sp³-hybridized carbons (Fsp3) is 0.611. The van der Waals surface area contributed by atoms with Gasteiger partial charge in [-0.3, -0.25) is 9.80 Å². The Labute approximate surface area is 133 Å². The molecule has 3 rings (SSSR count). The van der Waals surface area contributed by atoms with Gasteiger partial charge in [0, 0.05) is 24.3 Å². The first-order valence-electron chi connectivity index (χ1n) is 8.46. The van der Waals surface area contributed by atoms with E-state index in [1.165, 1.54) is 24.8 Å². The number of anilines is 1. The number of nitrogens with one attached hydrogen (secondary N) is 1. The minimum absolute atomic E-state index is 0.0231. The van der Waals surface area contributed by atoms with Crippen LogP contribution in [0.1, 0.15) is 38.7 Å². The molecule has 0 spiro atoms. The van der Waals surface area contributed by atoms with Gasteiger partial charge < -0.3 is 5.32 Å². The molecule has 120 valence electrons. The van der Waals surface area contributed by atoms with Gasteiger partial charge in [-0.1, -0.05) is 24.6 Å². The standard InChI is InChI=1S/C18H27N3O/c1-18(2,20-11-6-3-7-12-20)14-19-17(22)21-13-10-15-8-4-5-9-16(15)21/h4-5,8-9H,3,6-7,10-14H2,1-2H3,(H,19,22). The second-order valence-corrected chi connectivity index (χ2v) is 7.05. The molecule has 0 radical (unpaired) electrons. The molecule has 0 aliphatic carbocycles. The highest BCUT2D eigenvalue weighted by molar-refractivity contribution is 5.94. The number of carbonyl (C=O) groups excluding carboxylic acids is 1. The van der Waals surface area contributed by atoms with Gasteiger partial charge in [0.15, 0.2) is 0 Å². The summed E-state index contributed by atoms with van der Waals surface area (Å²) in [7, 11) is 0. The number of urea groups is 1. The largest absolute Gasteiger partial charge is 0.336 e. The van der Waals surface area contributed by atoms with Gasteiger partial charge >= 0.3 is 6.03 Å². The highest BCUT2D eigenvalue weighted by atomic mass is 16.2. The lowest BCUT2D eigenvalue weighted by molar-refractivity contribution is 0.0963. The summed E-state index contributed by atoms with van der Waals surface area (Å²) in [5, 5.41) is 3.15. The molecule has 1 N–H and O–H groups in total. The van der Waals surface area contributed by atoms with Crippen LogP contribution in [0.2, 0.25) is 0 Å². The predicted molar refractivity (Wildman–Crippen MR) is 90.4 cm³/mol. The molecule has 0 saturated carbocycles. The van der Waals surface area contributed by atoms with Crippen molar-refractivity contribution in [3.8, 4) is 0 Å². The van der Waals surface area contributed by atoms with Crippen molar-refractivity contribution in [3.05, 3.63) is 29.8 Å². The number of hydrogen-bond donors (Lipinski definition) is 1. The Kier molecular flexibility index (Phi) is 4.39. The summed E-state index contributed by atoms with van der Waals surface area (Å²) in [5.41, 5.74) is 2.36. The van der Waals surface area contributed by atoms with E-state index in [4.69, 9.17) is 0 Å². The molecule has 2 heterocycles. The molecule has 1 saturated heterocycles. The summed E-state index contributed by atoms with van der Waals surface area (Å²) in [6.07, 6.45) is 4.84. The average Bonchev–Trinajstić information content (AvgIpc) is 2.98. The fourth-order valence-electron chi connectivity index (χ4n) is 3.55. The Morgan fingerprint density at radius 2 is 1.86 bits per heavy atom.